The zero-order valence-corrected chi connectivity index (χ0v) is 16.3. The number of carbonyl (C=O) groups excluding carboxylic acids is 1. The maximum Gasteiger partial charge on any atom is 0.253 e. The number of amides is 1. The zero-order chi connectivity index (χ0) is 18.0. The Morgan fingerprint density at radius 1 is 1.40 bits per heavy atom. The predicted octanol–water partition coefficient (Wildman–Crippen LogP) is 2.22. The SMILES string of the molecule is CC(C)[C@@H]1C[C@H](NC(=O)[C@@H]2CCCN2S(=O)(=O)c2cccs2)CCO1. The lowest BCUT2D eigenvalue weighted by Crippen LogP contribution is -2.51. The van der Waals surface area contributed by atoms with E-state index in [1.807, 2.05) is 0 Å². The summed E-state index contributed by atoms with van der Waals surface area (Å²) in [4.78, 5) is 12.8. The van der Waals surface area contributed by atoms with Crippen molar-refractivity contribution in [3.8, 4) is 0 Å². The third kappa shape index (κ3) is 4.07. The minimum atomic E-state index is -3.59. The molecule has 2 saturated heterocycles. The van der Waals surface area contributed by atoms with E-state index < -0.39 is 16.1 Å². The van der Waals surface area contributed by atoms with E-state index in [0.717, 1.165) is 12.8 Å². The fraction of sp³-hybridized carbons (Fsp3) is 0.706. The van der Waals surface area contributed by atoms with Crippen LogP contribution < -0.4 is 5.32 Å². The minimum absolute atomic E-state index is 0.0561. The Labute approximate surface area is 153 Å². The topological polar surface area (TPSA) is 75.7 Å². The van der Waals surface area contributed by atoms with Gasteiger partial charge in [-0.2, -0.15) is 4.31 Å². The van der Waals surface area contributed by atoms with Crippen LogP contribution in [0.4, 0.5) is 0 Å². The van der Waals surface area contributed by atoms with Gasteiger partial charge in [0.15, 0.2) is 0 Å². The first-order chi connectivity index (χ1) is 11.9. The molecule has 0 spiro atoms. The summed E-state index contributed by atoms with van der Waals surface area (Å²) < 4.78 is 33.0. The first kappa shape index (κ1) is 18.8. The largest absolute Gasteiger partial charge is 0.378 e. The standard InChI is InChI=1S/C17H26N2O4S2/c1-12(2)15-11-13(7-9-23-15)18-17(20)14-5-3-8-19(14)25(21,22)16-6-4-10-24-16/h4,6,10,12-15H,3,5,7-9,11H2,1-2H3,(H,18,20)/t13-,14+,15+/m1/s1. The van der Waals surface area contributed by atoms with Crippen molar-refractivity contribution in [3.05, 3.63) is 17.5 Å². The fourth-order valence-corrected chi connectivity index (χ4v) is 6.31. The molecule has 3 rings (SSSR count). The molecule has 1 aromatic heterocycles. The molecule has 1 N–H and O–H groups in total. The highest BCUT2D eigenvalue weighted by Crippen LogP contribution is 2.29. The van der Waals surface area contributed by atoms with Crippen molar-refractivity contribution in [2.75, 3.05) is 13.2 Å². The first-order valence-corrected chi connectivity index (χ1v) is 11.2. The summed E-state index contributed by atoms with van der Waals surface area (Å²) in [5.74, 6) is 0.230. The van der Waals surface area contributed by atoms with Crippen LogP contribution in [-0.4, -0.2) is 50.0 Å². The van der Waals surface area contributed by atoms with E-state index in [4.69, 9.17) is 4.74 Å². The third-order valence-corrected chi connectivity index (χ3v) is 8.25. The summed E-state index contributed by atoms with van der Waals surface area (Å²) in [7, 11) is -3.59. The second-order valence-electron chi connectivity index (χ2n) is 7.09. The second-order valence-corrected chi connectivity index (χ2v) is 10.2. The lowest BCUT2D eigenvalue weighted by molar-refractivity contribution is -0.126. The normalized spacial score (nSPS) is 28.4. The highest BCUT2D eigenvalue weighted by atomic mass is 32.2. The fourth-order valence-electron chi connectivity index (χ4n) is 3.54. The molecule has 2 fully saturated rings. The number of sulfonamides is 1. The van der Waals surface area contributed by atoms with E-state index in [0.29, 0.717) is 36.1 Å². The highest BCUT2D eigenvalue weighted by molar-refractivity contribution is 7.91. The van der Waals surface area contributed by atoms with Gasteiger partial charge in [-0.25, -0.2) is 8.42 Å². The Hall–Kier alpha value is -0.960. The zero-order valence-electron chi connectivity index (χ0n) is 14.7. The summed E-state index contributed by atoms with van der Waals surface area (Å²) >= 11 is 1.19. The van der Waals surface area contributed by atoms with E-state index in [9.17, 15) is 13.2 Å². The molecule has 6 nitrogen and oxygen atoms in total. The van der Waals surface area contributed by atoms with Crippen LogP contribution in [0.2, 0.25) is 0 Å². The number of ether oxygens (including phenoxy) is 1. The number of carbonyl (C=O) groups is 1. The van der Waals surface area contributed by atoms with Crippen LogP contribution in [0, 0.1) is 5.92 Å². The van der Waals surface area contributed by atoms with E-state index in [2.05, 4.69) is 19.2 Å². The van der Waals surface area contributed by atoms with E-state index >= 15 is 0 Å². The maximum absolute atomic E-state index is 12.8. The molecule has 1 aromatic rings. The third-order valence-electron chi connectivity index (χ3n) is 4.97. The van der Waals surface area contributed by atoms with Gasteiger partial charge < -0.3 is 10.1 Å². The molecule has 0 unspecified atom stereocenters. The Kier molecular flexibility index (Phi) is 5.82. The summed E-state index contributed by atoms with van der Waals surface area (Å²) in [5, 5.41) is 4.81. The summed E-state index contributed by atoms with van der Waals surface area (Å²) in [6.07, 6.45) is 3.00. The Morgan fingerprint density at radius 3 is 2.88 bits per heavy atom. The smallest absolute Gasteiger partial charge is 0.253 e. The molecular formula is C17H26N2O4S2. The van der Waals surface area contributed by atoms with E-state index in [1.165, 1.54) is 15.6 Å². The lowest BCUT2D eigenvalue weighted by Gasteiger charge is -2.33. The minimum Gasteiger partial charge on any atom is -0.378 e. The van der Waals surface area contributed by atoms with Gasteiger partial charge >= 0.3 is 0 Å². The number of nitrogens with one attached hydrogen (secondary N) is 1. The number of nitrogens with zero attached hydrogens (tertiary/aromatic N) is 1. The maximum atomic E-state index is 12.8. The lowest BCUT2D eigenvalue weighted by atomic mass is 9.95. The summed E-state index contributed by atoms with van der Waals surface area (Å²) in [6.45, 7) is 5.26. The van der Waals surface area contributed by atoms with Crippen molar-refractivity contribution in [1.82, 2.24) is 9.62 Å². The molecule has 0 aliphatic carbocycles. The Morgan fingerprint density at radius 2 is 2.20 bits per heavy atom. The predicted molar refractivity (Wildman–Crippen MR) is 97.0 cm³/mol. The van der Waals surface area contributed by atoms with Gasteiger partial charge in [-0.05, 0) is 43.0 Å². The second kappa shape index (κ2) is 7.73. The average Bonchev–Trinajstić information content (AvgIpc) is 3.27. The highest BCUT2D eigenvalue weighted by Gasteiger charge is 2.40. The number of thiophene rings is 1. The molecule has 3 atom stereocenters. The van der Waals surface area contributed by atoms with Crippen molar-refractivity contribution >= 4 is 27.3 Å². The molecule has 2 aliphatic rings. The molecule has 3 heterocycles. The Bertz CT molecular complexity index is 688. The van der Waals surface area contributed by atoms with Crippen LogP contribution >= 0.6 is 11.3 Å². The molecule has 0 radical (unpaired) electrons. The van der Waals surface area contributed by atoms with Crippen LogP contribution in [0.3, 0.4) is 0 Å². The van der Waals surface area contributed by atoms with Crippen LogP contribution in [0.5, 0.6) is 0 Å². The molecule has 1 amide bonds. The van der Waals surface area contributed by atoms with Crippen molar-refractivity contribution in [1.29, 1.82) is 0 Å². The molecule has 0 aromatic carbocycles. The van der Waals surface area contributed by atoms with Gasteiger partial charge in [0.1, 0.15) is 10.3 Å². The van der Waals surface area contributed by atoms with Gasteiger partial charge in [0.25, 0.3) is 10.0 Å². The number of rotatable bonds is 5. The van der Waals surface area contributed by atoms with Crippen molar-refractivity contribution in [2.24, 2.45) is 5.92 Å². The van der Waals surface area contributed by atoms with E-state index in [-0.39, 0.29) is 18.1 Å². The quantitative estimate of drug-likeness (QED) is 0.842. The van der Waals surface area contributed by atoms with Crippen molar-refractivity contribution < 1.29 is 17.9 Å². The van der Waals surface area contributed by atoms with Gasteiger partial charge in [0, 0.05) is 19.2 Å². The van der Waals surface area contributed by atoms with Gasteiger partial charge in [-0.15, -0.1) is 11.3 Å². The van der Waals surface area contributed by atoms with Crippen molar-refractivity contribution in [3.63, 3.8) is 0 Å². The number of hydrogen-bond acceptors (Lipinski definition) is 5. The molecule has 8 heteroatoms. The molecule has 0 saturated carbocycles. The van der Waals surface area contributed by atoms with E-state index in [1.54, 1.807) is 17.5 Å². The van der Waals surface area contributed by atoms with Crippen LogP contribution in [-0.2, 0) is 19.6 Å². The molecular weight excluding hydrogens is 360 g/mol. The van der Waals surface area contributed by atoms with Gasteiger partial charge in [-0.3, -0.25) is 4.79 Å². The first-order valence-electron chi connectivity index (χ1n) is 8.87. The summed E-state index contributed by atoms with van der Waals surface area (Å²) in [6, 6.07) is 2.77. The van der Waals surface area contributed by atoms with Crippen LogP contribution in [0.1, 0.15) is 39.5 Å². The summed E-state index contributed by atoms with van der Waals surface area (Å²) in [5.41, 5.74) is 0. The molecule has 140 valence electrons. The van der Waals surface area contributed by atoms with Gasteiger partial charge in [0.05, 0.1) is 6.10 Å². The van der Waals surface area contributed by atoms with Gasteiger partial charge in [-0.1, -0.05) is 19.9 Å². The van der Waals surface area contributed by atoms with Crippen LogP contribution in [0.25, 0.3) is 0 Å². The molecule has 25 heavy (non-hydrogen) atoms. The van der Waals surface area contributed by atoms with Crippen molar-refractivity contribution in [2.45, 2.75) is 61.9 Å². The average molecular weight is 387 g/mol. The monoisotopic (exact) mass is 386 g/mol. The molecule has 0 bridgehead atoms. The molecule has 2 aliphatic heterocycles. The van der Waals surface area contributed by atoms with Crippen LogP contribution in [0.15, 0.2) is 21.7 Å². The van der Waals surface area contributed by atoms with Gasteiger partial charge in [0.2, 0.25) is 5.91 Å². The number of hydrogen-bond donors (Lipinski definition) is 1. The Balaban J connectivity index is 1.67.